The van der Waals surface area contributed by atoms with E-state index in [1.807, 2.05) is 0 Å². The van der Waals surface area contributed by atoms with Crippen molar-refractivity contribution in [2.24, 2.45) is 7.05 Å². The minimum absolute atomic E-state index is 0.0583. The van der Waals surface area contributed by atoms with Gasteiger partial charge in [-0.15, -0.1) is 0 Å². The summed E-state index contributed by atoms with van der Waals surface area (Å²) in [5.41, 5.74) is 0.802. The van der Waals surface area contributed by atoms with E-state index in [0.717, 1.165) is 19.4 Å². The quantitative estimate of drug-likeness (QED) is 0.571. The molecule has 132 valence electrons. The summed E-state index contributed by atoms with van der Waals surface area (Å²) in [6, 6.07) is 10.3. The van der Waals surface area contributed by atoms with Gasteiger partial charge in [-0.25, -0.2) is 4.79 Å². The lowest BCUT2D eigenvalue weighted by Crippen LogP contribution is -2.19. The first-order valence-corrected chi connectivity index (χ1v) is 8.30. The normalized spacial score (nSPS) is 16.6. The largest absolute Gasteiger partial charge is 0.490 e. The molecule has 0 aliphatic carbocycles. The predicted octanol–water partition coefficient (Wildman–Crippen LogP) is 2.62. The Morgan fingerprint density at radius 2 is 2.08 bits per heavy atom. The lowest BCUT2D eigenvalue weighted by Gasteiger charge is -2.14. The van der Waals surface area contributed by atoms with Crippen molar-refractivity contribution in [2.75, 3.05) is 19.8 Å². The summed E-state index contributed by atoms with van der Waals surface area (Å²) in [7, 11) is 1.77. The van der Waals surface area contributed by atoms with Gasteiger partial charge in [-0.05, 0) is 37.1 Å². The van der Waals surface area contributed by atoms with Gasteiger partial charge >= 0.3 is 5.97 Å². The summed E-state index contributed by atoms with van der Waals surface area (Å²) in [6.45, 7) is 0.836. The van der Waals surface area contributed by atoms with Crippen LogP contribution in [0.3, 0.4) is 0 Å². The number of ether oxygens (including phenoxy) is 3. The van der Waals surface area contributed by atoms with Gasteiger partial charge in [0.1, 0.15) is 17.9 Å². The van der Waals surface area contributed by atoms with Crippen LogP contribution in [0.5, 0.6) is 5.75 Å². The minimum Gasteiger partial charge on any atom is -0.490 e. The van der Waals surface area contributed by atoms with Crippen molar-refractivity contribution in [3.63, 3.8) is 0 Å². The van der Waals surface area contributed by atoms with Crippen molar-refractivity contribution in [3.8, 4) is 5.75 Å². The lowest BCUT2D eigenvalue weighted by atomic mass is 10.2. The van der Waals surface area contributed by atoms with Crippen LogP contribution >= 0.6 is 0 Å². The van der Waals surface area contributed by atoms with Gasteiger partial charge in [-0.1, -0.05) is 12.1 Å². The third kappa shape index (κ3) is 4.28. The van der Waals surface area contributed by atoms with Crippen molar-refractivity contribution in [2.45, 2.75) is 18.9 Å². The molecule has 0 amide bonds. The molecule has 1 aliphatic rings. The highest BCUT2D eigenvalue weighted by molar-refractivity contribution is 5.99. The Kier molecular flexibility index (Phi) is 5.50. The smallest absolute Gasteiger partial charge is 0.342 e. The molecule has 25 heavy (non-hydrogen) atoms. The molecule has 2 aromatic rings. The van der Waals surface area contributed by atoms with Crippen LogP contribution in [-0.2, 0) is 16.5 Å². The average molecular weight is 343 g/mol. The molecule has 0 spiro atoms. The number of Topliss-reactive ketones (excluding diaryl/α,β-unsaturated/α-hetero) is 1. The standard InChI is InChI=1S/C19H21NO5/c1-20-10-4-8-16(20)17(21)13-25-19(22)15-7-2-3-9-18(15)24-12-14-6-5-11-23-14/h2-4,7-10,14H,5-6,11-13H2,1H3/t14-/m0/s1. The Labute approximate surface area is 146 Å². The second-order valence-corrected chi connectivity index (χ2v) is 5.95. The molecule has 0 saturated carbocycles. The number of hydrogen-bond donors (Lipinski definition) is 0. The van der Waals surface area contributed by atoms with Gasteiger partial charge in [0.15, 0.2) is 6.61 Å². The van der Waals surface area contributed by atoms with Crippen molar-refractivity contribution >= 4 is 11.8 Å². The average Bonchev–Trinajstić information content (AvgIpc) is 3.29. The Hall–Kier alpha value is -2.60. The number of para-hydroxylation sites is 1. The third-order valence-electron chi connectivity index (χ3n) is 4.12. The number of nitrogens with zero attached hydrogens (tertiary/aromatic N) is 1. The molecule has 6 nitrogen and oxygen atoms in total. The number of aromatic nitrogens is 1. The molecule has 1 aromatic carbocycles. The van der Waals surface area contributed by atoms with Gasteiger partial charge in [-0.3, -0.25) is 4.79 Å². The Balaban J connectivity index is 1.59. The van der Waals surface area contributed by atoms with Gasteiger partial charge in [0, 0.05) is 19.9 Å². The number of carbonyl (C=O) groups is 2. The number of aryl methyl sites for hydroxylation is 1. The number of rotatable bonds is 7. The lowest BCUT2D eigenvalue weighted by molar-refractivity contribution is 0.0457. The third-order valence-corrected chi connectivity index (χ3v) is 4.12. The fourth-order valence-electron chi connectivity index (χ4n) is 2.75. The predicted molar refractivity (Wildman–Crippen MR) is 90.9 cm³/mol. The molecule has 1 fully saturated rings. The van der Waals surface area contributed by atoms with Crippen LogP contribution in [0.1, 0.15) is 33.7 Å². The van der Waals surface area contributed by atoms with Crippen molar-refractivity contribution in [1.82, 2.24) is 4.57 Å². The highest BCUT2D eigenvalue weighted by atomic mass is 16.5. The summed E-state index contributed by atoms with van der Waals surface area (Å²) in [5.74, 6) is -0.390. The van der Waals surface area contributed by atoms with E-state index in [1.165, 1.54) is 0 Å². The highest BCUT2D eigenvalue weighted by Crippen LogP contribution is 2.21. The summed E-state index contributed by atoms with van der Waals surface area (Å²) in [4.78, 5) is 24.4. The molecule has 0 unspecified atom stereocenters. The van der Waals surface area contributed by atoms with Crippen LogP contribution in [0.25, 0.3) is 0 Å². The van der Waals surface area contributed by atoms with E-state index < -0.39 is 5.97 Å². The first-order valence-electron chi connectivity index (χ1n) is 8.30. The zero-order valence-corrected chi connectivity index (χ0v) is 14.1. The van der Waals surface area contributed by atoms with E-state index in [4.69, 9.17) is 14.2 Å². The molecule has 0 bridgehead atoms. The fraction of sp³-hybridized carbons (Fsp3) is 0.368. The highest BCUT2D eigenvalue weighted by Gasteiger charge is 2.20. The molecular weight excluding hydrogens is 322 g/mol. The number of carbonyl (C=O) groups excluding carboxylic acids is 2. The number of benzene rings is 1. The summed E-state index contributed by atoms with van der Waals surface area (Å²) in [5, 5.41) is 0. The van der Waals surface area contributed by atoms with Gasteiger partial charge in [0.2, 0.25) is 5.78 Å². The van der Waals surface area contributed by atoms with Gasteiger partial charge in [0.05, 0.1) is 11.8 Å². The second kappa shape index (κ2) is 7.98. The number of esters is 1. The Morgan fingerprint density at radius 1 is 1.24 bits per heavy atom. The maximum atomic E-state index is 12.3. The minimum atomic E-state index is -0.578. The molecule has 1 aromatic heterocycles. The monoisotopic (exact) mass is 343 g/mol. The van der Waals surface area contributed by atoms with Gasteiger partial charge in [0.25, 0.3) is 0 Å². The van der Waals surface area contributed by atoms with E-state index in [2.05, 4.69) is 0 Å². The van der Waals surface area contributed by atoms with Gasteiger partial charge < -0.3 is 18.8 Å². The zero-order valence-electron chi connectivity index (χ0n) is 14.1. The molecule has 1 saturated heterocycles. The van der Waals surface area contributed by atoms with Crippen LogP contribution in [0.2, 0.25) is 0 Å². The zero-order chi connectivity index (χ0) is 17.6. The van der Waals surface area contributed by atoms with Crippen LogP contribution in [-0.4, -0.2) is 42.2 Å². The van der Waals surface area contributed by atoms with E-state index >= 15 is 0 Å². The topological polar surface area (TPSA) is 66.8 Å². The van der Waals surface area contributed by atoms with Gasteiger partial charge in [-0.2, -0.15) is 0 Å². The van der Waals surface area contributed by atoms with Crippen LogP contribution in [0, 0.1) is 0 Å². The first-order chi connectivity index (χ1) is 12.1. The Morgan fingerprint density at radius 3 is 2.80 bits per heavy atom. The van der Waals surface area contributed by atoms with Crippen LogP contribution < -0.4 is 4.74 Å². The molecule has 6 heteroatoms. The van der Waals surface area contributed by atoms with Crippen molar-refractivity contribution < 1.29 is 23.8 Å². The molecule has 0 radical (unpaired) electrons. The molecular formula is C19H21NO5. The fourth-order valence-corrected chi connectivity index (χ4v) is 2.75. The molecule has 1 aliphatic heterocycles. The van der Waals surface area contributed by atoms with E-state index in [-0.39, 0.29) is 18.5 Å². The second-order valence-electron chi connectivity index (χ2n) is 5.95. The van der Waals surface area contributed by atoms with Crippen molar-refractivity contribution in [1.29, 1.82) is 0 Å². The molecule has 2 heterocycles. The van der Waals surface area contributed by atoms with E-state index in [9.17, 15) is 9.59 Å². The first kappa shape index (κ1) is 17.2. The maximum Gasteiger partial charge on any atom is 0.342 e. The van der Waals surface area contributed by atoms with E-state index in [0.29, 0.717) is 23.6 Å². The maximum absolute atomic E-state index is 12.3. The van der Waals surface area contributed by atoms with Crippen LogP contribution in [0.4, 0.5) is 0 Å². The SMILES string of the molecule is Cn1cccc1C(=O)COC(=O)c1ccccc1OC[C@@H]1CCCO1. The number of hydrogen-bond acceptors (Lipinski definition) is 5. The Bertz CT molecular complexity index is 746. The number of ketones is 1. The summed E-state index contributed by atoms with van der Waals surface area (Å²) in [6.07, 6.45) is 3.81. The molecule has 1 atom stereocenters. The molecule has 0 N–H and O–H groups in total. The molecule has 3 rings (SSSR count). The van der Waals surface area contributed by atoms with Crippen LogP contribution in [0.15, 0.2) is 42.6 Å². The summed E-state index contributed by atoms with van der Waals surface area (Å²) < 4.78 is 18.1. The summed E-state index contributed by atoms with van der Waals surface area (Å²) >= 11 is 0. The van der Waals surface area contributed by atoms with Crippen molar-refractivity contribution in [3.05, 3.63) is 53.9 Å². The van der Waals surface area contributed by atoms with E-state index in [1.54, 1.807) is 54.2 Å².